The van der Waals surface area contributed by atoms with Gasteiger partial charge in [0.1, 0.15) is 5.75 Å². The van der Waals surface area contributed by atoms with Gasteiger partial charge in [0.15, 0.2) is 0 Å². The second-order valence-corrected chi connectivity index (χ2v) is 4.78. The Kier molecular flexibility index (Phi) is 4.84. The summed E-state index contributed by atoms with van der Waals surface area (Å²) in [5, 5.41) is 3.58. The van der Waals surface area contributed by atoms with Crippen LogP contribution in [-0.4, -0.2) is 44.2 Å². The molecule has 0 spiro atoms. The van der Waals surface area contributed by atoms with Crippen LogP contribution >= 0.6 is 0 Å². The first-order valence-corrected chi connectivity index (χ1v) is 6.65. The summed E-state index contributed by atoms with van der Waals surface area (Å²) in [6.07, 6.45) is 2.37. The average Bonchev–Trinajstić information content (AvgIpc) is 2.42. The average molecular weight is 249 g/mol. The zero-order valence-electron chi connectivity index (χ0n) is 11.1. The Morgan fingerprint density at radius 2 is 1.94 bits per heavy atom. The standard InChI is InChI=1S/C14H23N3O/c1-18-14-4-2-12(3-5-14)16-13-6-9-17(10-7-13)11-8-15/h2-5,13,16H,6-11,15H2,1H3. The summed E-state index contributed by atoms with van der Waals surface area (Å²) in [6.45, 7) is 4.07. The highest BCUT2D eigenvalue weighted by Crippen LogP contribution is 2.19. The van der Waals surface area contributed by atoms with Crippen molar-refractivity contribution in [1.29, 1.82) is 0 Å². The number of piperidine rings is 1. The van der Waals surface area contributed by atoms with Crippen molar-refractivity contribution in [3.63, 3.8) is 0 Å². The molecule has 18 heavy (non-hydrogen) atoms. The van der Waals surface area contributed by atoms with Gasteiger partial charge in [-0.2, -0.15) is 0 Å². The van der Waals surface area contributed by atoms with E-state index in [1.165, 1.54) is 18.5 Å². The second kappa shape index (κ2) is 6.61. The number of benzene rings is 1. The minimum absolute atomic E-state index is 0.576. The predicted octanol–water partition coefficient (Wildman–Crippen LogP) is 1.53. The van der Waals surface area contributed by atoms with Crippen LogP contribution in [0.3, 0.4) is 0 Å². The van der Waals surface area contributed by atoms with Crippen molar-refractivity contribution in [2.45, 2.75) is 18.9 Å². The van der Waals surface area contributed by atoms with Gasteiger partial charge in [-0.25, -0.2) is 0 Å². The van der Waals surface area contributed by atoms with E-state index in [0.29, 0.717) is 6.04 Å². The zero-order chi connectivity index (χ0) is 12.8. The summed E-state index contributed by atoms with van der Waals surface area (Å²) in [5.74, 6) is 0.901. The smallest absolute Gasteiger partial charge is 0.119 e. The highest BCUT2D eigenvalue weighted by Gasteiger charge is 2.18. The molecule has 1 aromatic carbocycles. The molecular formula is C14H23N3O. The molecule has 0 amide bonds. The fourth-order valence-corrected chi connectivity index (χ4v) is 2.41. The number of ether oxygens (including phenoxy) is 1. The van der Waals surface area contributed by atoms with Crippen LogP contribution in [-0.2, 0) is 0 Å². The van der Waals surface area contributed by atoms with Crippen LogP contribution < -0.4 is 15.8 Å². The van der Waals surface area contributed by atoms with Gasteiger partial charge in [0.2, 0.25) is 0 Å². The Hall–Kier alpha value is -1.26. The maximum atomic E-state index is 5.58. The fourth-order valence-electron chi connectivity index (χ4n) is 2.41. The van der Waals surface area contributed by atoms with Crippen LogP contribution in [0.5, 0.6) is 5.75 Å². The topological polar surface area (TPSA) is 50.5 Å². The number of hydrogen-bond donors (Lipinski definition) is 2. The highest BCUT2D eigenvalue weighted by molar-refractivity contribution is 5.47. The Morgan fingerprint density at radius 3 is 2.50 bits per heavy atom. The molecule has 100 valence electrons. The molecule has 0 radical (unpaired) electrons. The molecule has 1 heterocycles. The van der Waals surface area contributed by atoms with E-state index in [4.69, 9.17) is 10.5 Å². The summed E-state index contributed by atoms with van der Waals surface area (Å²) in [7, 11) is 1.69. The molecule has 0 unspecified atom stereocenters. The highest BCUT2D eigenvalue weighted by atomic mass is 16.5. The summed E-state index contributed by atoms with van der Waals surface area (Å²) in [6, 6.07) is 8.71. The lowest BCUT2D eigenvalue weighted by Crippen LogP contribution is -2.41. The zero-order valence-corrected chi connectivity index (χ0v) is 11.1. The Balaban J connectivity index is 1.80. The molecule has 1 saturated heterocycles. The van der Waals surface area contributed by atoms with Crippen LogP contribution in [0, 0.1) is 0 Å². The SMILES string of the molecule is COc1ccc(NC2CCN(CCN)CC2)cc1. The molecule has 0 aromatic heterocycles. The number of methoxy groups -OCH3 is 1. The predicted molar refractivity (Wildman–Crippen MR) is 75.1 cm³/mol. The van der Waals surface area contributed by atoms with Gasteiger partial charge in [0.25, 0.3) is 0 Å². The van der Waals surface area contributed by atoms with Gasteiger partial charge in [0, 0.05) is 37.9 Å². The van der Waals surface area contributed by atoms with Crippen molar-refractivity contribution in [2.24, 2.45) is 5.73 Å². The maximum Gasteiger partial charge on any atom is 0.119 e. The maximum absolute atomic E-state index is 5.58. The molecule has 0 atom stereocenters. The molecule has 4 heteroatoms. The second-order valence-electron chi connectivity index (χ2n) is 4.78. The summed E-state index contributed by atoms with van der Waals surface area (Å²) < 4.78 is 5.15. The fraction of sp³-hybridized carbons (Fsp3) is 0.571. The molecule has 1 aliphatic rings. The van der Waals surface area contributed by atoms with Crippen molar-refractivity contribution in [2.75, 3.05) is 38.6 Å². The summed E-state index contributed by atoms with van der Waals surface area (Å²) in [5.41, 5.74) is 6.75. The van der Waals surface area contributed by atoms with Crippen LogP contribution in [0.2, 0.25) is 0 Å². The number of nitrogens with two attached hydrogens (primary N) is 1. The van der Waals surface area contributed by atoms with Crippen molar-refractivity contribution in [3.8, 4) is 5.75 Å². The van der Waals surface area contributed by atoms with E-state index in [1.54, 1.807) is 7.11 Å². The minimum atomic E-state index is 0.576. The van der Waals surface area contributed by atoms with Gasteiger partial charge in [-0.3, -0.25) is 0 Å². The summed E-state index contributed by atoms with van der Waals surface area (Å²) in [4.78, 5) is 2.44. The Labute approximate surface area is 109 Å². The van der Waals surface area contributed by atoms with E-state index < -0.39 is 0 Å². The van der Waals surface area contributed by atoms with Gasteiger partial charge < -0.3 is 20.7 Å². The first-order chi connectivity index (χ1) is 8.81. The Bertz CT molecular complexity index is 345. The van der Waals surface area contributed by atoms with Crippen molar-refractivity contribution >= 4 is 5.69 Å². The van der Waals surface area contributed by atoms with Gasteiger partial charge >= 0.3 is 0 Å². The normalized spacial score (nSPS) is 17.7. The molecule has 2 rings (SSSR count). The molecule has 0 bridgehead atoms. The first kappa shape index (κ1) is 13.2. The lowest BCUT2D eigenvalue weighted by Gasteiger charge is -2.32. The van der Waals surface area contributed by atoms with E-state index in [2.05, 4.69) is 22.3 Å². The van der Waals surface area contributed by atoms with Crippen molar-refractivity contribution in [1.82, 2.24) is 4.90 Å². The first-order valence-electron chi connectivity index (χ1n) is 6.65. The van der Waals surface area contributed by atoms with Crippen molar-refractivity contribution in [3.05, 3.63) is 24.3 Å². The van der Waals surface area contributed by atoms with E-state index >= 15 is 0 Å². The van der Waals surface area contributed by atoms with E-state index in [-0.39, 0.29) is 0 Å². The van der Waals surface area contributed by atoms with Crippen molar-refractivity contribution < 1.29 is 4.74 Å². The van der Waals surface area contributed by atoms with E-state index in [9.17, 15) is 0 Å². The number of rotatable bonds is 5. The number of nitrogens with zero attached hydrogens (tertiary/aromatic N) is 1. The number of anilines is 1. The molecule has 0 aliphatic carbocycles. The third-order valence-corrected chi connectivity index (χ3v) is 3.49. The summed E-state index contributed by atoms with van der Waals surface area (Å²) >= 11 is 0. The molecule has 0 saturated carbocycles. The number of nitrogens with one attached hydrogen (secondary N) is 1. The van der Waals surface area contributed by atoms with Crippen LogP contribution in [0.15, 0.2) is 24.3 Å². The lowest BCUT2D eigenvalue weighted by atomic mass is 10.0. The van der Waals surface area contributed by atoms with E-state index in [1.807, 2.05) is 12.1 Å². The van der Waals surface area contributed by atoms with Crippen LogP contribution in [0.4, 0.5) is 5.69 Å². The number of hydrogen-bond acceptors (Lipinski definition) is 4. The largest absolute Gasteiger partial charge is 0.497 e. The van der Waals surface area contributed by atoms with Gasteiger partial charge in [0.05, 0.1) is 7.11 Å². The monoisotopic (exact) mass is 249 g/mol. The Morgan fingerprint density at radius 1 is 1.28 bits per heavy atom. The molecule has 1 aromatic rings. The molecule has 1 aliphatic heterocycles. The molecule has 3 N–H and O–H groups in total. The minimum Gasteiger partial charge on any atom is -0.497 e. The van der Waals surface area contributed by atoms with Crippen LogP contribution in [0.25, 0.3) is 0 Å². The molecule has 4 nitrogen and oxygen atoms in total. The third kappa shape index (κ3) is 3.62. The van der Waals surface area contributed by atoms with E-state index in [0.717, 1.165) is 31.9 Å². The van der Waals surface area contributed by atoms with Gasteiger partial charge in [-0.1, -0.05) is 0 Å². The molecular weight excluding hydrogens is 226 g/mol. The van der Waals surface area contributed by atoms with Gasteiger partial charge in [-0.05, 0) is 37.1 Å². The quantitative estimate of drug-likeness (QED) is 0.831. The molecule has 1 fully saturated rings. The van der Waals surface area contributed by atoms with Crippen LogP contribution in [0.1, 0.15) is 12.8 Å². The lowest BCUT2D eigenvalue weighted by molar-refractivity contribution is 0.224. The third-order valence-electron chi connectivity index (χ3n) is 3.49. The number of likely N-dealkylation sites (tertiary alicyclic amines) is 1. The van der Waals surface area contributed by atoms with Gasteiger partial charge in [-0.15, -0.1) is 0 Å².